The lowest BCUT2D eigenvalue weighted by Crippen LogP contribution is -2.30. The molecule has 5 nitrogen and oxygen atoms in total. The Morgan fingerprint density at radius 3 is 2.84 bits per heavy atom. The van der Waals surface area contributed by atoms with Gasteiger partial charge in [-0.25, -0.2) is 9.97 Å². The molecular formula is C12H15IN4OS. The van der Waals surface area contributed by atoms with Gasteiger partial charge in [-0.1, -0.05) is 11.8 Å². The smallest absolute Gasteiger partial charge is 0.187 e. The molecule has 0 fully saturated rings. The predicted octanol–water partition coefficient (Wildman–Crippen LogP) is 2.39. The number of aliphatic hydroxyl groups is 1. The highest BCUT2D eigenvalue weighted by atomic mass is 127. The summed E-state index contributed by atoms with van der Waals surface area (Å²) in [6, 6.07) is 1.87. The molecule has 7 heteroatoms. The molecule has 0 amide bonds. The van der Waals surface area contributed by atoms with E-state index >= 15 is 0 Å². The van der Waals surface area contributed by atoms with E-state index < -0.39 is 5.54 Å². The number of nitrogens with zero attached hydrogens (tertiary/aromatic N) is 4. The first-order valence-electron chi connectivity index (χ1n) is 5.72. The van der Waals surface area contributed by atoms with E-state index in [1.165, 1.54) is 11.8 Å². The van der Waals surface area contributed by atoms with Crippen LogP contribution in [0.1, 0.15) is 13.8 Å². The van der Waals surface area contributed by atoms with Crippen LogP contribution < -0.4 is 0 Å². The third-order valence-corrected chi connectivity index (χ3v) is 4.13. The van der Waals surface area contributed by atoms with E-state index in [0.717, 1.165) is 20.1 Å². The fraction of sp³-hybridized carbons (Fsp3) is 0.417. The maximum Gasteiger partial charge on any atom is 0.187 e. The minimum absolute atomic E-state index is 0.0318. The highest BCUT2D eigenvalue weighted by Gasteiger charge is 2.22. The topological polar surface area (TPSA) is 63.8 Å². The lowest BCUT2D eigenvalue weighted by Gasteiger charge is -2.22. The van der Waals surface area contributed by atoms with Gasteiger partial charge in [-0.3, -0.25) is 4.68 Å². The molecule has 0 spiro atoms. The van der Waals surface area contributed by atoms with Crippen LogP contribution in [-0.2, 0) is 5.54 Å². The highest BCUT2D eigenvalue weighted by molar-refractivity contribution is 14.1. The van der Waals surface area contributed by atoms with Gasteiger partial charge in [-0.05, 0) is 48.8 Å². The second-order valence-electron chi connectivity index (χ2n) is 4.68. The number of rotatable bonds is 4. The number of thioether (sulfide) groups is 1. The van der Waals surface area contributed by atoms with E-state index in [-0.39, 0.29) is 6.61 Å². The van der Waals surface area contributed by atoms with Crippen molar-refractivity contribution in [3.05, 3.63) is 22.2 Å². The summed E-state index contributed by atoms with van der Waals surface area (Å²) < 4.78 is 2.65. The van der Waals surface area contributed by atoms with Crippen LogP contribution in [0.15, 0.2) is 23.6 Å². The van der Waals surface area contributed by atoms with E-state index in [9.17, 15) is 5.11 Å². The summed E-state index contributed by atoms with van der Waals surface area (Å²) in [5, 5.41) is 14.6. The summed E-state index contributed by atoms with van der Waals surface area (Å²) in [5.41, 5.74) is 1.39. The fourth-order valence-electron chi connectivity index (χ4n) is 1.50. The van der Waals surface area contributed by atoms with Gasteiger partial charge < -0.3 is 5.11 Å². The van der Waals surface area contributed by atoms with Crippen LogP contribution in [0.3, 0.4) is 0 Å². The van der Waals surface area contributed by atoms with Crippen LogP contribution in [0.4, 0.5) is 0 Å². The maximum atomic E-state index is 9.41. The van der Waals surface area contributed by atoms with Crippen molar-refractivity contribution >= 4 is 34.4 Å². The Morgan fingerprint density at radius 2 is 2.21 bits per heavy atom. The first-order chi connectivity index (χ1) is 8.97. The lowest BCUT2D eigenvalue weighted by atomic mass is 10.1. The molecule has 0 aromatic carbocycles. The number of hydrogen-bond donors (Lipinski definition) is 1. The molecule has 2 aromatic rings. The van der Waals surface area contributed by atoms with Gasteiger partial charge in [0.15, 0.2) is 5.16 Å². The summed E-state index contributed by atoms with van der Waals surface area (Å²) in [5.74, 6) is 0. The molecule has 0 saturated heterocycles. The van der Waals surface area contributed by atoms with Crippen molar-refractivity contribution in [3.63, 3.8) is 0 Å². The second-order valence-corrected chi connectivity index (χ2v) is 6.47. The molecule has 1 N–H and O–H groups in total. The number of aromatic nitrogens is 4. The van der Waals surface area contributed by atoms with E-state index in [2.05, 4.69) is 37.7 Å². The van der Waals surface area contributed by atoms with Gasteiger partial charge in [-0.2, -0.15) is 5.10 Å². The Hall–Kier alpha value is -0.670. The van der Waals surface area contributed by atoms with Crippen LogP contribution in [0, 0.1) is 3.70 Å². The zero-order valence-electron chi connectivity index (χ0n) is 11.0. The average Bonchev–Trinajstić information content (AvgIpc) is 2.81. The Balaban J connectivity index is 2.45. The van der Waals surface area contributed by atoms with Crippen LogP contribution in [-0.4, -0.2) is 37.7 Å². The minimum atomic E-state index is -0.423. The molecule has 2 heterocycles. The minimum Gasteiger partial charge on any atom is -0.394 e. The van der Waals surface area contributed by atoms with Crippen molar-refractivity contribution in [2.45, 2.75) is 24.5 Å². The molecule has 0 aliphatic rings. The van der Waals surface area contributed by atoms with Crippen LogP contribution >= 0.6 is 34.4 Å². The standard InChI is InChI=1S/C12H15IN4OS/c1-12(2,7-18)17-6-8(10(13)16-17)9-4-5-14-11(15-9)19-3/h4-6,18H,7H2,1-3H3. The average molecular weight is 390 g/mol. The summed E-state index contributed by atoms with van der Waals surface area (Å²) in [6.45, 7) is 3.91. The van der Waals surface area contributed by atoms with Crippen molar-refractivity contribution < 1.29 is 5.11 Å². The quantitative estimate of drug-likeness (QED) is 0.494. The van der Waals surface area contributed by atoms with Gasteiger partial charge in [0.25, 0.3) is 0 Å². The molecular weight excluding hydrogens is 375 g/mol. The molecule has 19 heavy (non-hydrogen) atoms. The first-order valence-corrected chi connectivity index (χ1v) is 8.02. The van der Waals surface area contributed by atoms with E-state index in [4.69, 9.17) is 0 Å². The molecule has 0 aliphatic heterocycles. The Kier molecular flexibility index (Phi) is 4.46. The van der Waals surface area contributed by atoms with Crippen LogP contribution in [0.25, 0.3) is 11.3 Å². The van der Waals surface area contributed by atoms with Gasteiger partial charge in [0, 0.05) is 12.4 Å². The second kappa shape index (κ2) is 5.76. The Labute approximate surface area is 130 Å². The molecule has 0 radical (unpaired) electrons. The first kappa shape index (κ1) is 14.7. The van der Waals surface area contributed by atoms with E-state index in [0.29, 0.717) is 0 Å². The third kappa shape index (κ3) is 3.09. The molecule has 0 atom stereocenters. The largest absolute Gasteiger partial charge is 0.394 e. The zero-order chi connectivity index (χ0) is 14.0. The molecule has 2 aromatic heterocycles. The van der Waals surface area contributed by atoms with E-state index in [1.807, 2.05) is 32.4 Å². The van der Waals surface area contributed by atoms with Crippen LogP contribution in [0.5, 0.6) is 0 Å². The predicted molar refractivity (Wildman–Crippen MR) is 84.2 cm³/mol. The SMILES string of the molecule is CSc1nccc(-c2cn(C(C)(C)CO)nc2I)n1. The Morgan fingerprint density at radius 1 is 1.47 bits per heavy atom. The highest BCUT2D eigenvalue weighted by Crippen LogP contribution is 2.26. The van der Waals surface area contributed by atoms with Gasteiger partial charge in [-0.15, -0.1) is 0 Å². The lowest BCUT2D eigenvalue weighted by molar-refractivity contribution is 0.152. The van der Waals surface area contributed by atoms with Crippen molar-refractivity contribution in [2.24, 2.45) is 0 Å². The molecule has 102 valence electrons. The van der Waals surface area contributed by atoms with Gasteiger partial charge in [0.2, 0.25) is 0 Å². The van der Waals surface area contributed by atoms with E-state index in [1.54, 1.807) is 10.9 Å². The molecule has 2 rings (SSSR count). The van der Waals surface area contributed by atoms with Gasteiger partial charge in [0.1, 0.15) is 3.70 Å². The maximum absolute atomic E-state index is 9.41. The van der Waals surface area contributed by atoms with Crippen molar-refractivity contribution in [2.75, 3.05) is 12.9 Å². The third-order valence-electron chi connectivity index (χ3n) is 2.77. The monoisotopic (exact) mass is 390 g/mol. The van der Waals surface area contributed by atoms with Crippen molar-refractivity contribution in [1.82, 2.24) is 19.7 Å². The summed E-state index contributed by atoms with van der Waals surface area (Å²) in [7, 11) is 0. The van der Waals surface area contributed by atoms with Gasteiger partial charge >= 0.3 is 0 Å². The van der Waals surface area contributed by atoms with Gasteiger partial charge in [0.05, 0.1) is 23.4 Å². The van der Waals surface area contributed by atoms with Crippen LogP contribution in [0.2, 0.25) is 0 Å². The number of aliphatic hydroxyl groups excluding tert-OH is 1. The Bertz CT molecular complexity index is 585. The number of halogens is 1. The van der Waals surface area contributed by atoms with Crippen molar-refractivity contribution in [1.29, 1.82) is 0 Å². The molecule has 0 aliphatic carbocycles. The number of hydrogen-bond acceptors (Lipinski definition) is 5. The normalized spacial score (nSPS) is 11.8. The summed E-state index contributed by atoms with van der Waals surface area (Å²) >= 11 is 3.69. The summed E-state index contributed by atoms with van der Waals surface area (Å²) in [4.78, 5) is 8.64. The molecule has 0 saturated carbocycles. The zero-order valence-corrected chi connectivity index (χ0v) is 13.9. The summed E-state index contributed by atoms with van der Waals surface area (Å²) in [6.07, 6.45) is 5.62. The fourth-order valence-corrected chi connectivity index (χ4v) is 2.50. The van der Waals surface area contributed by atoms with Crippen molar-refractivity contribution in [3.8, 4) is 11.3 Å². The molecule has 0 unspecified atom stereocenters. The molecule has 0 bridgehead atoms.